The Morgan fingerprint density at radius 1 is 0.885 bits per heavy atom. The van der Waals surface area contributed by atoms with Gasteiger partial charge in [-0.2, -0.15) is 0 Å². The van der Waals surface area contributed by atoms with E-state index in [0.29, 0.717) is 0 Å². The van der Waals surface area contributed by atoms with E-state index in [9.17, 15) is 0 Å². The summed E-state index contributed by atoms with van der Waals surface area (Å²) in [5, 5.41) is 0. The van der Waals surface area contributed by atoms with Crippen LogP contribution in [0.1, 0.15) is 26.6 Å². The highest BCUT2D eigenvalue weighted by molar-refractivity contribution is 5.98. The predicted molar refractivity (Wildman–Crippen MR) is 103 cm³/mol. The molecule has 1 aliphatic heterocycles. The van der Waals surface area contributed by atoms with Gasteiger partial charge in [0.1, 0.15) is 16.9 Å². The molecule has 26 heavy (non-hydrogen) atoms. The largest absolute Gasteiger partial charge is 0.453 e. The Balaban J connectivity index is 1.93. The molecule has 1 aliphatic rings. The Morgan fingerprint density at radius 3 is 2.42 bits per heavy atom. The van der Waals surface area contributed by atoms with Crippen molar-refractivity contribution in [3.63, 3.8) is 0 Å². The molecule has 5 rings (SSSR count). The van der Waals surface area contributed by atoms with Crippen molar-refractivity contribution >= 4 is 11.0 Å². The molecule has 4 nitrogen and oxygen atoms in total. The van der Waals surface area contributed by atoms with Gasteiger partial charge >= 0.3 is 0 Å². The summed E-state index contributed by atoms with van der Waals surface area (Å²) in [6, 6.07) is 16.3. The van der Waals surface area contributed by atoms with Gasteiger partial charge in [0.15, 0.2) is 11.5 Å². The number of para-hydroxylation sites is 2. The topological polar surface area (TPSA) is 39.9 Å². The molecule has 0 saturated carbocycles. The number of rotatable bonds is 1. The fourth-order valence-electron chi connectivity index (χ4n) is 3.58. The molecule has 0 atom stereocenters. The van der Waals surface area contributed by atoms with Gasteiger partial charge in [0.25, 0.3) is 0 Å². The summed E-state index contributed by atoms with van der Waals surface area (Å²) >= 11 is 0. The van der Waals surface area contributed by atoms with Crippen LogP contribution >= 0.6 is 0 Å². The lowest BCUT2D eigenvalue weighted by molar-refractivity contribution is 0.467. The highest BCUT2D eigenvalue weighted by Gasteiger charge is 2.30. The minimum atomic E-state index is -0.101. The first-order valence-corrected chi connectivity index (χ1v) is 8.77. The van der Waals surface area contributed by atoms with Gasteiger partial charge in [-0.15, -0.1) is 0 Å². The number of nitrogens with zero attached hydrogens (tertiary/aromatic N) is 3. The van der Waals surface area contributed by atoms with Crippen molar-refractivity contribution in [2.45, 2.75) is 26.2 Å². The number of pyridine rings is 1. The van der Waals surface area contributed by atoms with Crippen LogP contribution in [0.4, 0.5) is 0 Å². The van der Waals surface area contributed by atoms with E-state index in [1.807, 2.05) is 48.8 Å². The summed E-state index contributed by atoms with van der Waals surface area (Å²) in [5.74, 6) is 2.74. The van der Waals surface area contributed by atoms with Crippen molar-refractivity contribution in [3.05, 3.63) is 66.7 Å². The van der Waals surface area contributed by atoms with Gasteiger partial charge in [0, 0.05) is 23.4 Å². The molecule has 0 spiro atoms. The van der Waals surface area contributed by atoms with Crippen LogP contribution in [-0.4, -0.2) is 14.5 Å². The third-order valence-electron chi connectivity index (χ3n) is 4.76. The van der Waals surface area contributed by atoms with E-state index in [2.05, 4.69) is 42.5 Å². The average molecular weight is 341 g/mol. The van der Waals surface area contributed by atoms with Crippen molar-refractivity contribution < 1.29 is 4.74 Å². The van der Waals surface area contributed by atoms with E-state index in [4.69, 9.17) is 9.72 Å². The Hall–Kier alpha value is -3.14. The number of fused-ring (bicyclic) bond motifs is 2. The molecule has 0 fully saturated rings. The van der Waals surface area contributed by atoms with E-state index in [0.717, 1.165) is 45.2 Å². The second-order valence-corrected chi connectivity index (χ2v) is 7.63. The van der Waals surface area contributed by atoms with E-state index < -0.39 is 0 Å². The number of hydrogen-bond acceptors (Lipinski definition) is 3. The molecule has 0 aliphatic carbocycles. The highest BCUT2D eigenvalue weighted by Crippen LogP contribution is 2.45. The summed E-state index contributed by atoms with van der Waals surface area (Å²) < 4.78 is 8.45. The van der Waals surface area contributed by atoms with Crippen LogP contribution in [0.3, 0.4) is 0 Å². The van der Waals surface area contributed by atoms with Gasteiger partial charge in [0.05, 0.1) is 5.69 Å². The molecule has 0 amide bonds. The zero-order chi connectivity index (χ0) is 17.9. The Kier molecular flexibility index (Phi) is 3.02. The molecule has 0 bridgehead atoms. The molecule has 2 aromatic carbocycles. The molecule has 4 aromatic rings. The van der Waals surface area contributed by atoms with Gasteiger partial charge in [0.2, 0.25) is 0 Å². The van der Waals surface area contributed by atoms with E-state index in [-0.39, 0.29) is 5.41 Å². The zero-order valence-corrected chi connectivity index (χ0v) is 15.0. The standard InChI is InChI=1S/C22H19N3O/c1-22(2,3)21-24-19-15(14-10-12-23-13-11-14)8-9-18-20(19)25(21)16-6-4-5-7-17(16)26-18/h4-13H,1-3H3. The van der Waals surface area contributed by atoms with Crippen molar-refractivity contribution in [2.75, 3.05) is 0 Å². The summed E-state index contributed by atoms with van der Waals surface area (Å²) in [4.78, 5) is 9.23. The van der Waals surface area contributed by atoms with Crippen molar-refractivity contribution in [3.8, 4) is 28.3 Å². The van der Waals surface area contributed by atoms with Crippen LogP contribution in [0.2, 0.25) is 0 Å². The first kappa shape index (κ1) is 15.1. The lowest BCUT2D eigenvalue weighted by atomic mass is 9.95. The Labute approximate surface area is 152 Å². The molecule has 3 heterocycles. The lowest BCUT2D eigenvalue weighted by Crippen LogP contribution is -2.19. The quantitative estimate of drug-likeness (QED) is 0.405. The first-order chi connectivity index (χ1) is 12.5. The van der Waals surface area contributed by atoms with Crippen LogP contribution in [0.25, 0.3) is 27.8 Å². The smallest absolute Gasteiger partial charge is 0.153 e. The Bertz CT molecular complexity index is 1140. The average Bonchev–Trinajstić information content (AvgIpc) is 3.05. The zero-order valence-electron chi connectivity index (χ0n) is 15.0. The summed E-state index contributed by atoms with van der Waals surface area (Å²) in [5.41, 5.74) is 5.14. The maximum atomic E-state index is 6.19. The summed E-state index contributed by atoms with van der Waals surface area (Å²) in [7, 11) is 0. The number of imidazole rings is 1. The monoisotopic (exact) mass is 341 g/mol. The Morgan fingerprint density at radius 2 is 1.65 bits per heavy atom. The number of ether oxygens (including phenoxy) is 1. The molecule has 2 aromatic heterocycles. The van der Waals surface area contributed by atoms with Gasteiger partial charge in [-0.1, -0.05) is 32.9 Å². The second kappa shape index (κ2) is 5.18. The minimum absolute atomic E-state index is 0.101. The maximum absolute atomic E-state index is 6.19. The van der Waals surface area contributed by atoms with Crippen molar-refractivity contribution in [1.82, 2.24) is 14.5 Å². The molecule has 128 valence electrons. The van der Waals surface area contributed by atoms with Crippen molar-refractivity contribution in [1.29, 1.82) is 0 Å². The van der Waals surface area contributed by atoms with Crippen molar-refractivity contribution in [2.24, 2.45) is 0 Å². The number of hydrogen-bond donors (Lipinski definition) is 0. The normalized spacial score (nSPS) is 12.7. The van der Waals surface area contributed by atoms with Crippen LogP contribution in [-0.2, 0) is 5.41 Å². The minimum Gasteiger partial charge on any atom is -0.453 e. The van der Waals surface area contributed by atoms with Crippen LogP contribution < -0.4 is 4.74 Å². The molecular formula is C22H19N3O. The van der Waals surface area contributed by atoms with E-state index >= 15 is 0 Å². The van der Waals surface area contributed by atoms with Gasteiger partial charge < -0.3 is 4.74 Å². The molecule has 0 unspecified atom stereocenters. The lowest BCUT2D eigenvalue weighted by Gasteiger charge is -2.25. The highest BCUT2D eigenvalue weighted by atomic mass is 16.5. The molecule has 0 N–H and O–H groups in total. The van der Waals surface area contributed by atoms with Gasteiger partial charge in [-0.05, 0) is 42.0 Å². The van der Waals surface area contributed by atoms with Crippen LogP contribution in [0.15, 0.2) is 60.9 Å². The SMILES string of the molecule is CC(C)(C)c1nc2c(-c3ccncc3)ccc3c2n1-c1ccccc1O3. The molecular weight excluding hydrogens is 322 g/mol. The first-order valence-electron chi connectivity index (χ1n) is 8.77. The van der Waals surface area contributed by atoms with Crippen LogP contribution in [0.5, 0.6) is 11.5 Å². The van der Waals surface area contributed by atoms with E-state index in [1.165, 1.54) is 0 Å². The van der Waals surface area contributed by atoms with Crippen LogP contribution in [0, 0.1) is 0 Å². The number of benzene rings is 2. The number of aromatic nitrogens is 3. The predicted octanol–water partition coefficient (Wildman–Crippen LogP) is 5.49. The van der Waals surface area contributed by atoms with Gasteiger partial charge in [-0.3, -0.25) is 9.55 Å². The summed E-state index contributed by atoms with van der Waals surface area (Å²) in [6.45, 7) is 6.59. The third-order valence-corrected chi connectivity index (χ3v) is 4.76. The van der Waals surface area contributed by atoms with E-state index in [1.54, 1.807) is 0 Å². The fourth-order valence-corrected chi connectivity index (χ4v) is 3.58. The molecule has 0 radical (unpaired) electrons. The second-order valence-electron chi connectivity index (χ2n) is 7.63. The molecule has 4 heteroatoms. The summed E-state index contributed by atoms with van der Waals surface area (Å²) in [6.07, 6.45) is 3.63. The molecule has 0 saturated heterocycles. The van der Waals surface area contributed by atoms with Gasteiger partial charge in [-0.25, -0.2) is 4.98 Å². The fraction of sp³-hybridized carbons (Fsp3) is 0.182. The maximum Gasteiger partial charge on any atom is 0.153 e. The third kappa shape index (κ3) is 2.08.